The third-order valence-electron chi connectivity index (χ3n) is 5.18. The molecule has 2 rings (SSSR count). The fraction of sp³-hybridized carbons (Fsp3) is 0.417. The van der Waals surface area contributed by atoms with Crippen LogP contribution < -0.4 is 9.62 Å². The largest absolute Gasteiger partial charge is 0.355 e. The molecular formula is C24H32FN3O4S. The Morgan fingerprint density at radius 3 is 2.09 bits per heavy atom. The van der Waals surface area contributed by atoms with Crippen molar-refractivity contribution in [2.45, 2.75) is 46.7 Å². The lowest BCUT2D eigenvalue weighted by atomic mass is 10.1. The molecule has 0 saturated carbocycles. The van der Waals surface area contributed by atoms with Gasteiger partial charge in [-0.25, -0.2) is 12.8 Å². The number of nitrogens with zero attached hydrogens (tertiary/aromatic N) is 2. The molecule has 1 N–H and O–H groups in total. The summed E-state index contributed by atoms with van der Waals surface area (Å²) < 4.78 is 39.7. The highest BCUT2D eigenvalue weighted by molar-refractivity contribution is 7.92. The van der Waals surface area contributed by atoms with E-state index >= 15 is 0 Å². The summed E-state index contributed by atoms with van der Waals surface area (Å²) in [4.78, 5) is 27.6. The van der Waals surface area contributed by atoms with Gasteiger partial charge >= 0.3 is 0 Å². The van der Waals surface area contributed by atoms with Crippen molar-refractivity contribution in [2.75, 3.05) is 23.7 Å². The molecule has 0 heterocycles. The molecule has 0 bridgehead atoms. The van der Waals surface area contributed by atoms with Crippen molar-refractivity contribution in [1.29, 1.82) is 0 Å². The maximum atomic E-state index is 13.5. The van der Waals surface area contributed by atoms with Gasteiger partial charge in [0.1, 0.15) is 18.4 Å². The van der Waals surface area contributed by atoms with Crippen molar-refractivity contribution >= 4 is 27.5 Å². The first kappa shape index (κ1) is 26.3. The molecule has 2 aromatic carbocycles. The number of hydrogen-bond acceptors (Lipinski definition) is 4. The van der Waals surface area contributed by atoms with Gasteiger partial charge in [-0.15, -0.1) is 0 Å². The summed E-state index contributed by atoms with van der Waals surface area (Å²) in [5.74, 6) is -1.26. The second-order valence-corrected chi connectivity index (χ2v) is 9.99. The van der Waals surface area contributed by atoms with Crippen LogP contribution in [0.3, 0.4) is 0 Å². The lowest BCUT2D eigenvalue weighted by Gasteiger charge is -2.33. The van der Waals surface area contributed by atoms with Crippen LogP contribution in [0.2, 0.25) is 0 Å². The first-order valence-electron chi connectivity index (χ1n) is 10.8. The van der Waals surface area contributed by atoms with Crippen LogP contribution in [0.4, 0.5) is 10.1 Å². The molecule has 1 unspecified atom stereocenters. The highest BCUT2D eigenvalue weighted by atomic mass is 32.2. The van der Waals surface area contributed by atoms with E-state index in [9.17, 15) is 22.4 Å². The lowest BCUT2D eigenvalue weighted by molar-refractivity contribution is -0.140. The Bertz CT molecular complexity index is 1070. The van der Waals surface area contributed by atoms with Crippen LogP contribution in [0.5, 0.6) is 0 Å². The minimum absolute atomic E-state index is 0.0409. The monoisotopic (exact) mass is 477 g/mol. The van der Waals surface area contributed by atoms with Crippen LogP contribution in [0.15, 0.2) is 42.5 Å². The van der Waals surface area contributed by atoms with E-state index in [0.717, 1.165) is 21.7 Å². The Labute approximate surface area is 195 Å². The van der Waals surface area contributed by atoms with Gasteiger partial charge in [0.2, 0.25) is 21.8 Å². The molecule has 0 aliphatic heterocycles. The smallest absolute Gasteiger partial charge is 0.244 e. The van der Waals surface area contributed by atoms with Crippen molar-refractivity contribution in [3.8, 4) is 0 Å². The van der Waals surface area contributed by atoms with Crippen molar-refractivity contribution in [3.63, 3.8) is 0 Å². The number of sulfonamides is 1. The number of carbonyl (C=O) groups is 2. The van der Waals surface area contributed by atoms with Crippen LogP contribution in [0.1, 0.15) is 37.0 Å². The van der Waals surface area contributed by atoms with E-state index in [1.54, 1.807) is 26.0 Å². The second kappa shape index (κ2) is 11.3. The zero-order chi connectivity index (χ0) is 24.8. The Balaban J connectivity index is 2.45. The normalized spacial score (nSPS) is 12.2. The van der Waals surface area contributed by atoms with Crippen molar-refractivity contribution < 1.29 is 22.4 Å². The van der Waals surface area contributed by atoms with Gasteiger partial charge in [-0.1, -0.05) is 25.1 Å². The SMILES string of the molecule is CCNC(=O)C(CC)N(Cc1ccc(F)cc1)C(=O)CN(c1cc(C)cc(C)c1)S(C)(=O)=O. The average molecular weight is 478 g/mol. The number of rotatable bonds is 10. The third-order valence-corrected chi connectivity index (χ3v) is 6.32. The quantitative estimate of drug-likeness (QED) is 0.570. The van der Waals surface area contributed by atoms with E-state index in [-0.39, 0.29) is 12.5 Å². The molecule has 2 amide bonds. The van der Waals surface area contributed by atoms with E-state index in [0.29, 0.717) is 24.2 Å². The summed E-state index contributed by atoms with van der Waals surface area (Å²) in [6.07, 6.45) is 1.38. The van der Waals surface area contributed by atoms with Crippen LogP contribution in [0.25, 0.3) is 0 Å². The van der Waals surface area contributed by atoms with Gasteiger partial charge in [0.15, 0.2) is 0 Å². The molecule has 180 valence electrons. The fourth-order valence-electron chi connectivity index (χ4n) is 3.71. The second-order valence-electron chi connectivity index (χ2n) is 8.08. The summed E-state index contributed by atoms with van der Waals surface area (Å²) in [6.45, 7) is 7.24. The van der Waals surface area contributed by atoms with Gasteiger partial charge in [0.05, 0.1) is 11.9 Å². The molecule has 9 heteroatoms. The number of benzene rings is 2. The first-order chi connectivity index (χ1) is 15.5. The van der Waals surface area contributed by atoms with Gasteiger partial charge in [-0.2, -0.15) is 0 Å². The topological polar surface area (TPSA) is 86.8 Å². The third kappa shape index (κ3) is 7.28. The number of nitrogens with one attached hydrogen (secondary N) is 1. The van der Waals surface area contributed by atoms with Gasteiger partial charge in [-0.05, 0) is 68.1 Å². The average Bonchev–Trinajstić information content (AvgIpc) is 2.71. The summed E-state index contributed by atoms with van der Waals surface area (Å²) >= 11 is 0. The molecule has 7 nitrogen and oxygen atoms in total. The minimum atomic E-state index is -3.79. The molecule has 2 aromatic rings. The van der Waals surface area contributed by atoms with Crippen molar-refractivity contribution in [1.82, 2.24) is 10.2 Å². The highest BCUT2D eigenvalue weighted by Crippen LogP contribution is 2.22. The van der Waals surface area contributed by atoms with Gasteiger partial charge in [-0.3, -0.25) is 13.9 Å². The van der Waals surface area contributed by atoms with Gasteiger partial charge in [0, 0.05) is 13.1 Å². The summed E-state index contributed by atoms with van der Waals surface area (Å²) in [6, 6.07) is 10.2. The molecular weight excluding hydrogens is 445 g/mol. The highest BCUT2D eigenvalue weighted by Gasteiger charge is 2.31. The zero-order valence-corrected chi connectivity index (χ0v) is 20.6. The summed E-state index contributed by atoms with van der Waals surface area (Å²) in [5.41, 5.74) is 2.74. The Morgan fingerprint density at radius 1 is 1.03 bits per heavy atom. The lowest BCUT2D eigenvalue weighted by Crippen LogP contribution is -2.52. The van der Waals surface area contributed by atoms with Gasteiger partial charge < -0.3 is 10.2 Å². The molecule has 0 saturated heterocycles. The molecule has 0 aromatic heterocycles. The number of aryl methyl sites for hydroxylation is 2. The molecule has 0 radical (unpaired) electrons. The number of halogens is 1. The van der Waals surface area contributed by atoms with E-state index in [1.165, 1.54) is 29.2 Å². The number of carbonyl (C=O) groups excluding carboxylic acids is 2. The maximum Gasteiger partial charge on any atom is 0.244 e. The van der Waals surface area contributed by atoms with E-state index < -0.39 is 34.3 Å². The molecule has 0 spiro atoms. The van der Waals surface area contributed by atoms with Crippen LogP contribution in [0, 0.1) is 19.7 Å². The van der Waals surface area contributed by atoms with Crippen molar-refractivity contribution in [3.05, 3.63) is 65.0 Å². The fourth-order valence-corrected chi connectivity index (χ4v) is 4.54. The summed E-state index contributed by atoms with van der Waals surface area (Å²) in [5, 5.41) is 2.73. The minimum Gasteiger partial charge on any atom is -0.355 e. The molecule has 1 atom stereocenters. The Kier molecular flexibility index (Phi) is 8.99. The van der Waals surface area contributed by atoms with Crippen LogP contribution in [-0.2, 0) is 26.2 Å². The predicted molar refractivity (Wildman–Crippen MR) is 128 cm³/mol. The molecule has 0 fully saturated rings. The zero-order valence-electron chi connectivity index (χ0n) is 19.8. The molecule has 0 aliphatic carbocycles. The number of hydrogen-bond donors (Lipinski definition) is 1. The van der Waals surface area contributed by atoms with Crippen LogP contribution in [-0.4, -0.2) is 50.5 Å². The van der Waals surface area contributed by atoms with Crippen molar-refractivity contribution in [2.24, 2.45) is 0 Å². The van der Waals surface area contributed by atoms with Crippen LogP contribution >= 0.6 is 0 Å². The number of anilines is 1. The maximum absolute atomic E-state index is 13.5. The predicted octanol–water partition coefficient (Wildman–Crippen LogP) is 3.15. The molecule has 33 heavy (non-hydrogen) atoms. The number of amides is 2. The Hall–Kier alpha value is -2.94. The Morgan fingerprint density at radius 2 is 1.61 bits per heavy atom. The standard InChI is InChI=1S/C24H32FN3O4S/c1-6-22(24(30)26-7-2)27(15-19-8-10-20(25)11-9-19)23(29)16-28(33(5,31)32)21-13-17(3)12-18(4)14-21/h8-14,22H,6-7,15-16H2,1-5H3,(H,26,30). The summed E-state index contributed by atoms with van der Waals surface area (Å²) in [7, 11) is -3.79. The van der Waals surface area contributed by atoms with E-state index in [1.807, 2.05) is 19.9 Å². The molecule has 0 aliphatic rings. The van der Waals surface area contributed by atoms with E-state index in [2.05, 4.69) is 5.32 Å². The first-order valence-corrected chi connectivity index (χ1v) is 12.7. The van der Waals surface area contributed by atoms with Gasteiger partial charge in [0.25, 0.3) is 0 Å². The van der Waals surface area contributed by atoms with E-state index in [4.69, 9.17) is 0 Å². The number of likely N-dealkylation sites (N-methyl/N-ethyl adjacent to an activating group) is 1.